The van der Waals surface area contributed by atoms with Gasteiger partial charge in [-0.15, -0.1) is 0 Å². The lowest BCUT2D eigenvalue weighted by Crippen LogP contribution is -2.41. The number of anilines is 6. The smallest absolute Gasteiger partial charge is 0.321 e. The lowest BCUT2D eigenvalue weighted by molar-refractivity contribution is -0.117. The summed E-state index contributed by atoms with van der Waals surface area (Å²) in [6, 6.07) is 15.5. The van der Waals surface area contributed by atoms with Gasteiger partial charge >= 0.3 is 6.03 Å². The Hall–Kier alpha value is -4.70. The maximum atomic E-state index is 13.2. The summed E-state index contributed by atoms with van der Waals surface area (Å²) < 4.78 is 0. The molecule has 4 N–H and O–H groups in total. The van der Waals surface area contributed by atoms with Crippen LogP contribution in [0.2, 0.25) is 5.02 Å². The third-order valence-electron chi connectivity index (χ3n) is 7.80. The van der Waals surface area contributed by atoms with Crippen LogP contribution < -0.4 is 21.3 Å². The van der Waals surface area contributed by atoms with Crippen LogP contribution in [0.3, 0.4) is 0 Å². The zero-order chi connectivity index (χ0) is 29.8. The van der Waals surface area contributed by atoms with Crippen molar-refractivity contribution in [3.63, 3.8) is 0 Å². The van der Waals surface area contributed by atoms with Crippen molar-refractivity contribution >= 4 is 58.1 Å². The maximum absolute atomic E-state index is 13.2. The highest BCUT2D eigenvalue weighted by Crippen LogP contribution is 2.30. The number of nitrogens with one attached hydrogen (secondary N) is 4. The Kier molecular flexibility index (Phi) is 8.37. The molecule has 6 bridgehead atoms. The molecule has 10 nitrogen and oxygen atoms in total. The van der Waals surface area contributed by atoms with Crippen LogP contribution in [0.25, 0.3) is 0 Å². The number of aromatic nitrogens is 3. The van der Waals surface area contributed by atoms with Crippen LogP contribution in [0.5, 0.6) is 0 Å². The number of hydrogen-bond donors (Lipinski definition) is 4. The summed E-state index contributed by atoms with van der Waals surface area (Å²) >= 11 is 6.38. The molecule has 6 rings (SSSR count). The second-order valence-electron chi connectivity index (χ2n) is 11.1. The highest BCUT2D eigenvalue weighted by Gasteiger charge is 2.25. The van der Waals surface area contributed by atoms with Crippen molar-refractivity contribution in [3.8, 4) is 0 Å². The molecule has 0 saturated carbocycles. The quantitative estimate of drug-likeness (QED) is 0.207. The number of rotatable bonds is 4. The molecule has 0 spiro atoms. The number of urea groups is 1. The molecule has 4 heterocycles. The highest BCUT2D eigenvalue weighted by atomic mass is 35.5. The molecule has 0 unspecified atom stereocenters. The van der Waals surface area contributed by atoms with Gasteiger partial charge in [0.2, 0.25) is 11.9 Å². The number of likely N-dealkylation sites (tertiary alicyclic amines) is 1. The Labute approximate surface area is 255 Å². The number of fused-ring (bicyclic) bond motifs is 6. The van der Waals surface area contributed by atoms with E-state index in [1.54, 1.807) is 12.4 Å². The molecule has 1 fully saturated rings. The molecular weight excluding hydrogens is 564 g/mol. The molecule has 3 amide bonds. The van der Waals surface area contributed by atoms with Crippen molar-refractivity contribution < 1.29 is 9.59 Å². The van der Waals surface area contributed by atoms with E-state index >= 15 is 0 Å². The van der Waals surface area contributed by atoms with Crippen molar-refractivity contribution in [1.82, 2.24) is 19.9 Å². The average molecular weight is 597 g/mol. The molecule has 220 valence electrons. The van der Waals surface area contributed by atoms with Crippen LogP contribution in [0, 0.1) is 12.8 Å². The largest absolute Gasteiger partial charge is 0.339 e. The molecule has 2 aromatic heterocycles. The summed E-state index contributed by atoms with van der Waals surface area (Å²) in [7, 11) is 0. The van der Waals surface area contributed by atoms with E-state index in [-0.39, 0.29) is 17.9 Å². The van der Waals surface area contributed by atoms with E-state index in [9.17, 15) is 9.59 Å². The minimum Gasteiger partial charge on any atom is -0.339 e. The van der Waals surface area contributed by atoms with E-state index in [1.165, 1.54) is 0 Å². The van der Waals surface area contributed by atoms with Gasteiger partial charge in [-0.25, -0.2) is 9.78 Å². The number of halogens is 1. The summed E-state index contributed by atoms with van der Waals surface area (Å²) in [6.07, 6.45) is 8.51. The van der Waals surface area contributed by atoms with Gasteiger partial charge in [0.1, 0.15) is 5.02 Å². The van der Waals surface area contributed by atoms with Crippen LogP contribution in [-0.4, -0.2) is 44.9 Å². The molecule has 2 aliphatic heterocycles. The minimum absolute atomic E-state index is 0.0289. The number of nitrogens with zero attached hydrogens (tertiary/aromatic N) is 4. The van der Waals surface area contributed by atoms with Crippen LogP contribution in [0.4, 0.5) is 39.3 Å². The summed E-state index contributed by atoms with van der Waals surface area (Å²) in [5.41, 5.74) is 6.33. The normalized spacial score (nSPS) is 14.7. The fourth-order valence-corrected chi connectivity index (χ4v) is 5.53. The second kappa shape index (κ2) is 12.7. The van der Waals surface area contributed by atoms with Crippen LogP contribution in [-0.2, 0) is 17.6 Å². The molecule has 0 atom stereocenters. The van der Waals surface area contributed by atoms with Gasteiger partial charge in [-0.2, -0.15) is 4.98 Å². The molecule has 43 heavy (non-hydrogen) atoms. The molecular formula is C32H33ClN8O2. The monoisotopic (exact) mass is 596 g/mol. The standard InChI is InChI=1S/C32H33ClN8O2/c1-20-2-6-24(7-3-20)38-32(43)41-12-10-21(11-13-41)15-29(42)39-28-9-8-25-16-23(28)5-4-22-14-26(18-34-17-22)37-31-35-19-27(33)30(36-25)40-31/h2-3,6-9,14,16-19,21H,4-5,10-13,15H2,1H3,(H,38,43)(H,39,42)(H2,35,36,37,40). The Morgan fingerprint density at radius 3 is 2.58 bits per heavy atom. The van der Waals surface area contributed by atoms with Crippen molar-refractivity contribution in [2.24, 2.45) is 5.92 Å². The molecule has 11 heteroatoms. The van der Waals surface area contributed by atoms with Gasteiger partial charge in [0.15, 0.2) is 5.82 Å². The van der Waals surface area contributed by atoms with Crippen molar-refractivity contribution in [1.29, 1.82) is 0 Å². The van der Waals surface area contributed by atoms with E-state index in [0.717, 1.165) is 58.7 Å². The van der Waals surface area contributed by atoms with Gasteiger partial charge in [0.25, 0.3) is 0 Å². The lowest BCUT2D eigenvalue weighted by atomic mass is 9.93. The summed E-state index contributed by atoms with van der Waals surface area (Å²) in [5, 5.41) is 13.0. The number of pyridine rings is 1. The van der Waals surface area contributed by atoms with Gasteiger partial charge in [0.05, 0.1) is 18.1 Å². The number of carbonyl (C=O) groups is 2. The minimum atomic E-state index is -0.101. The van der Waals surface area contributed by atoms with Gasteiger partial charge in [0, 0.05) is 42.8 Å². The number of amides is 3. The van der Waals surface area contributed by atoms with Gasteiger partial charge < -0.3 is 26.2 Å². The van der Waals surface area contributed by atoms with Crippen molar-refractivity contribution in [2.45, 2.75) is 39.0 Å². The van der Waals surface area contributed by atoms with E-state index < -0.39 is 0 Å². The highest BCUT2D eigenvalue weighted by molar-refractivity contribution is 6.32. The van der Waals surface area contributed by atoms with Gasteiger partial charge in [-0.1, -0.05) is 29.3 Å². The molecule has 2 aliphatic rings. The number of piperidine rings is 1. The first-order valence-corrected chi connectivity index (χ1v) is 14.8. The molecule has 4 aromatic rings. The fourth-order valence-electron chi connectivity index (χ4n) is 5.40. The van der Waals surface area contributed by atoms with Crippen LogP contribution in [0.1, 0.15) is 36.0 Å². The van der Waals surface area contributed by atoms with Crippen molar-refractivity contribution in [2.75, 3.05) is 34.4 Å². The number of carbonyl (C=O) groups excluding carboxylic acids is 2. The summed E-state index contributed by atoms with van der Waals surface area (Å²) in [4.78, 5) is 40.9. The van der Waals surface area contributed by atoms with Gasteiger partial charge in [-0.05, 0) is 86.1 Å². The summed E-state index contributed by atoms with van der Waals surface area (Å²) in [6.45, 7) is 3.26. The zero-order valence-electron chi connectivity index (χ0n) is 23.9. The first kappa shape index (κ1) is 28.4. The lowest BCUT2D eigenvalue weighted by Gasteiger charge is -2.31. The van der Waals surface area contributed by atoms with E-state index in [4.69, 9.17) is 11.6 Å². The maximum Gasteiger partial charge on any atom is 0.321 e. The number of aryl methyl sites for hydroxylation is 3. The SMILES string of the molecule is Cc1ccc(NC(=O)N2CCC(CC(=O)Nc3ccc4cc3CCc3cncc(c3)Nc3ncc(Cl)c(n3)N4)CC2)cc1. The van der Waals surface area contributed by atoms with Gasteiger partial charge in [-0.3, -0.25) is 9.78 Å². The molecule has 0 aliphatic carbocycles. The van der Waals surface area contributed by atoms with E-state index in [2.05, 4.69) is 36.2 Å². The predicted octanol–water partition coefficient (Wildman–Crippen LogP) is 6.69. The Bertz CT molecular complexity index is 1640. The molecule has 0 radical (unpaired) electrons. The van der Waals surface area contributed by atoms with Crippen LogP contribution >= 0.6 is 11.6 Å². The number of hydrogen-bond acceptors (Lipinski definition) is 7. The second-order valence-corrected chi connectivity index (χ2v) is 11.5. The van der Waals surface area contributed by atoms with E-state index in [0.29, 0.717) is 42.7 Å². The third kappa shape index (κ3) is 7.21. The van der Waals surface area contributed by atoms with Crippen molar-refractivity contribution in [3.05, 3.63) is 88.8 Å². The molecule has 1 saturated heterocycles. The fraction of sp³-hybridized carbons (Fsp3) is 0.281. The third-order valence-corrected chi connectivity index (χ3v) is 8.08. The molecule has 2 aromatic carbocycles. The Morgan fingerprint density at radius 1 is 0.953 bits per heavy atom. The Balaban J connectivity index is 1.10. The Morgan fingerprint density at radius 2 is 1.77 bits per heavy atom. The first-order valence-electron chi connectivity index (χ1n) is 14.4. The number of benzene rings is 2. The zero-order valence-corrected chi connectivity index (χ0v) is 24.6. The van der Waals surface area contributed by atoms with E-state index in [1.807, 2.05) is 66.6 Å². The summed E-state index contributed by atoms with van der Waals surface area (Å²) in [5.74, 6) is 1.07. The first-order chi connectivity index (χ1) is 20.9. The topological polar surface area (TPSA) is 124 Å². The average Bonchev–Trinajstić information content (AvgIpc) is 3.00. The predicted molar refractivity (Wildman–Crippen MR) is 169 cm³/mol. The van der Waals surface area contributed by atoms with Crippen LogP contribution in [0.15, 0.2) is 67.1 Å².